The van der Waals surface area contributed by atoms with Crippen molar-refractivity contribution in [1.82, 2.24) is 15.2 Å². The molecule has 1 heterocycles. The third kappa shape index (κ3) is 2.84. The van der Waals surface area contributed by atoms with E-state index in [9.17, 15) is 0 Å². The van der Waals surface area contributed by atoms with Crippen LogP contribution in [0.25, 0.3) is 0 Å². The second kappa shape index (κ2) is 5.48. The molecule has 0 atom stereocenters. The van der Waals surface area contributed by atoms with Gasteiger partial charge in [-0.15, -0.1) is 0 Å². The van der Waals surface area contributed by atoms with Crippen LogP contribution in [-0.2, 0) is 12.8 Å². The lowest BCUT2D eigenvalue weighted by molar-refractivity contribution is 0.410. The van der Waals surface area contributed by atoms with E-state index in [1.807, 2.05) is 24.3 Å². The Morgan fingerprint density at radius 1 is 1.29 bits per heavy atom. The Morgan fingerprint density at radius 3 is 2.88 bits per heavy atom. The Balaban J connectivity index is 2.13. The normalized spacial score (nSPS) is 10.5. The van der Waals surface area contributed by atoms with Gasteiger partial charge >= 0.3 is 0 Å². The summed E-state index contributed by atoms with van der Waals surface area (Å²) >= 11 is 0. The first kappa shape index (κ1) is 11.6. The van der Waals surface area contributed by atoms with Gasteiger partial charge in [0.2, 0.25) is 0 Å². The summed E-state index contributed by atoms with van der Waals surface area (Å²) in [6.45, 7) is 2.12. The van der Waals surface area contributed by atoms with Crippen molar-refractivity contribution >= 4 is 0 Å². The first-order valence-electron chi connectivity index (χ1n) is 5.85. The Hall–Kier alpha value is -1.84. The van der Waals surface area contributed by atoms with Crippen LogP contribution < -0.4 is 4.74 Å². The van der Waals surface area contributed by atoms with E-state index in [-0.39, 0.29) is 0 Å². The predicted octanol–water partition coefficient (Wildman–Crippen LogP) is 2.36. The van der Waals surface area contributed by atoms with Crippen LogP contribution in [0.3, 0.4) is 0 Å². The van der Waals surface area contributed by atoms with Crippen LogP contribution in [0.2, 0.25) is 0 Å². The summed E-state index contributed by atoms with van der Waals surface area (Å²) in [7, 11) is 1.68. The molecule has 1 N–H and O–H groups in total. The monoisotopic (exact) mass is 231 g/mol. The first-order chi connectivity index (χ1) is 8.33. The van der Waals surface area contributed by atoms with Gasteiger partial charge in [-0.3, -0.25) is 5.10 Å². The molecule has 0 aliphatic heterocycles. The summed E-state index contributed by atoms with van der Waals surface area (Å²) < 4.78 is 5.31. The number of nitrogens with one attached hydrogen (secondary N) is 1. The molecule has 0 amide bonds. The minimum Gasteiger partial charge on any atom is -0.496 e. The summed E-state index contributed by atoms with van der Waals surface area (Å²) in [6.07, 6.45) is 2.70. The molecule has 0 saturated carbocycles. The third-order valence-corrected chi connectivity index (χ3v) is 2.60. The molecule has 0 spiro atoms. The molecule has 2 aromatic rings. The van der Waals surface area contributed by atoms with E-state index in [0.29, 0.717) is 0 Å². The van der Waals surface area contributed by atoms with Crippen molar-refractivity contribution in [2.75, 3.05) is 7.11 Å². The Labute approximate surface area is 101 Å². The first-order valence-corrected chi connectivity index (χ1v) is 5.85. The zero-order valence-electron chi connectivity index (χ0n) is 10.2. The van der Waals surface area contributed by atoms with Crippen molar-refractivity contribution < 1.29 is 4.74 Å². The van der Waals surface area contributed by atoms with Crippen LogP contribution >= 0.6 is 0 Å². The van der Waals surface area contributed by atoms with E-state index < -0.39 is 0 Å². The lowest BCUT2D eigenvalue weighted by atomic mass is 10.1. The fourth-order valence-electron chi connectivity index (χ4n) is 1.78. The van der Waals surface area contributed by atoms with Crippen LogP contribution in [0.15, 0.2) is 24.3 Å². The average molecular weight is 231 g/mol. The summed E-state index contributed by atoms with van der Waals surface area (Å²) in [5, 5.41) is 7.15. The van der Waals surface area contributed by atoms with E-state index in [4.69, 9.17) is 4.74 Å². The molecule has 2 rings (SSSR count). The van der Waals surface area contributed by atoms with Crippen molar-refractivity contribution in [3.63, 3.8) is 0 Å². The number of ether oxygens (including phenoxy) is 1. The van der Waals surface area contributed by atoms with Crippen molar-refractivity contribution in [2.24, 2.45) is 0 Å². The van der Waals surface area contributed by atoms with Crippen molar-refractivity contribution in [3.8, 4) is 5.75 Å². The lowest BCUT2D eigenvalue weighted by Gasteiger charge is -2.05. The molecule has 90 valence electrons. The summed E-state index contributed by atoms with van der Waals surface area (Å²) in [4.78, 5) is 4.45. The molecule has 1 aromatic heterocycles. The van der Waals surface area contributed by atoms with Gasteiger partial charge in [-0.25, -0.2) is 4.98 Å². The molecule has 4 heteroatoms. The zero-order valence-corrected chi connectivity index (χ0v) is 10.2. The van der Waals surface area contributed by atoms with Crippen LogP contribution in [0.1, 0.15) is 30.6 Å². The number of aromatic amines is 1. The van der Waals surface area contributed by atoms with Gasteiger partial charge in [0, 0.05) is 18.4 Å². The topological polar surface area (TPSA) is 50.8 Å². The summed E-state index contributed by atoms with van der Waals surface area (Å²) in [5.74, 6) is 2.66. The maximum atomic E-state index is 5.31. The number of benzene rings is 1. The molecule has 4 nitrogen and oxygen atoms in total. The molecule has 0 saturated heterocycles. The smallest absolute Gasteiger partial charge is 0.150 e. The van der Waals surface area contributed by atoms with Gasteiger partial charge in [-0.2, -0.15) is 5.10 Å². The van der Waals surface area contributed by atoms with Crippen LogP contribution in [0.5, 0.6) is 5.75 Å². The average Bonchev–Trinajstić information content (AvgIpc) is 2.78. The van der Waals surface area contributed by atoms with Crippen molar-refractivity contribution in [2.45, 2.75) is 26.2 Å². The molecule has 0 fully saturated rings. The quantitative estimate of drug-likeness (QED) is 0.859. The Morgan fingerprint density at radius 2 is 2.12 bits per heavy atom. The molecule has 1 aromatic carbocycles. The van der Waals surface area contributed by atoms with Crippen LogP contribution in [0, 0.1) is 0 Å². The number of nitrogens with zero attached hydrogens (tertiary/aromatic N) is 2. The maximum Gasteiger partial charge on any atom is 0.150 e. The second-order valence-electron chi connectivity index (χ2n) is 3.94. The second-order valence-corrected chi connectivity index (χ2v) is 3.94. The SMILES string of the molecule is CCCc1n[nH]c(Cc2ccccc2OC)n1. The van der Waals surface area contributed by atoms with E-state index in [2.05, 4.69) is 22.1 Å². The summed E-state index contributed by atoms with van der Waals surface area (Å²) in [6, 6.07) is 7.96. The number of aromatic nitrogens is 3. The number of H-pyrrole nitrogens is 1. The molecule has 0 radical (unpaired) electrons. The van der Waals surface area contributed by atoms with E-state index >= 15 is 0 Å². The highest BCUT2D eigenvalue weighted by molar-refractivity contribution is 5.35. The minimum absolute atomic E-state index is 0.723. The van der Waals surface area contributed by atoms with Gasteiger partial charge in [0.25, 0.3) is 0 Å². The van der Waals surface area contributed by atoms with Gasteiger partial charge in [0.15, 0.2) is 5.82 Å². The Bertz CT molecular complexity index is 479. The number of methoxy groups -OCH3 is 1. The fourth-order valence-corrected chi connectivity index (χ4v) is 1.78. The lowest BCUT2D eigenvalue weighted by Crippen LogP contribution is -1.95. The maximum absolute atomic E-state index is 5.31. The van der Waals surface area contributed by atoms with E-state index in [1.165, 1.54) is 0 Å². The Kier molecular flexibility index (Phi) is 3.75. The molecular formula is C13H17N3O. The molecule has 0 unspecified atom stereocenters. The largest absolute Gasteiger partial charge is 0.496 e. The zero-order chi connectivity index (χ0) is 12.1. The number of hydrogen-bond acceptors (Lipinski definition) is 3. The van der Waals surface area contributed by atoms with Crippen LogP contribution in [0.4, 0.5) is 0 Å². The molecular weight excluding hydrogens is 214 g/mol. The van der Waals surface area contributed by atoms with Gasteiger partial charge in [-0.1, -0.05) is 25.1 Å². The van der Waals surface area contributed by atoms with E-state index in [1.54, 1.807) is 7.11 Å². The van der Waals surface area contributed by atoms with Crippen LogP contribution in [-0.4, -0.2) is 22.3 Å². The molecule has 0 bridgehead atoms. The van der Waals surface area contributed by atoms with Gasteiger partial charge in [0.1, 0.15) is 11.6 Å². The third-order valence-electron chi connectivity index (χ3n) is 2.60. The fraction of sp³-hybridized carbons (Fsp3) is 0.385. The van der Waals surface area contributed by atoms with Gasteiger partial charge in [0.05, 0.1) is 7.11 Å². The van der Waals surface area contributed by atoms with Gasteiger partial charge in [-0.05, 0) is 12.5 Å². The number of aryl methyl sites for hydroxylation is 1. The number of rotatable bonds is 5. The number of hydrogen-bond donors (Lipinski definition) is 1. The van der Waals surface area contributed by atoms with Crippen molar-refractivity contribution in [1.29, 1.82) is 0 Å². The standard InChI is InChI=1S/C13H17N3O/c1-3-6-12-14-13(16-15-12)9-10-7-4-5-8-11(10)17-2/h4-5,7-8H,3,6,9H2,1-2H3,(H,14,15,16). The minimum atomic E-state index is 0.723. The molecule has 0 aliphatic carbocycles. The highest BCUT2D eigenvalue weighted by atomic mass is 16.5. The highest BCUT2D eigenvalue weighted by Gasteiger charge is 2.07. The van der Waals surface area contributed by atoms with Gasteiger partial charge < -0.3 is 4.74 Å². The van der Waals surface area contributed by atoms with E-state index in [0.717, 1.165) is 42.2 Å². The highest BCUT2D eigenvalue weighted by Crippen LogP contribution is 2.19. The number of para-hydroxylation sites is 1. The molecule has 0 aliphatic rings. The molecule has 17 heavy (non-hydrogen) atoms. The van der Waals surface area contributed by atoms with Crippen molar-refractivity contribution in [3.05, 3.63) is 41.5 Å². The predicted molar refractivity (Wildman–Crippen MR) is 66.2 cm³/mol. The summed E-state index contributed by atoms with van der Waals surface area (Å²) in [5.41, 5.74) is 1.12.